The van der Waals surface area contributed by atoms with E-state index in [9.17, 15) is 0 Å². The van der Waals surface area contributed by atoms with Crippen LogP contribution >= 0.6 is 0 Å². The third-order valence-electron chi connectivity index (χ3n) is 18.5. The van der Waals surface area contributed by atoms with E-state index in [1.54, 1.807) is 0 Å². The Labute approximate surface area is 567 Å². The van der Waals surface area contributed by atoms with Crippen molar-refractivity contribution >= 4 is 65.4 Å². The van der Waals surface area contributed by atoms with Crippen LogP contribution in [0.15, 0.2) is 328 Å². The fourth-order valence-corrected chi connectivity index (χ4v) is 13.9. The van der Waals surface area contributed by atoms with Gasteiger partial charge < -0.3 is 13.7 Å². The molecule has 13 aromatic carbocycles. The number of aromatic nitrogens is 12. The number of para-hydroxylation sites is 2. The molecule has 0 bridgehead atoms. The van der Waals surface area contributed by atoms with E-state index in [1.807, 2.05) is 182 Å². The predicted octanol–water partition coefficient (Wildman–Crippen LogP) is 20.5. The molecule has 0 unspecified atom stereocenters. The molecule has 19 rings (SSSR count). The Bertz CT molecular complexity index is 5860. The molecule has 0 aliphatic heterocycles. The van der Waals surface area contributed by atoms with Gasteiger partial charge in [0, 0.05) is 99.5 Å². The Hall–Kier alpha value is -13.7. The van der Waals surface area contributed by atoms with Crippen LogP contribution in [0.4, 0.5) is 0 Å². The maximum absolute atomic E-state index is 5.22. The predicted molar refractivity (Wildman–Crippen MR) is 399 cm³/mol. The molecule has 0 amide bonds. The second kappa shape index (κ2) is 23.6. The summed E-state index contributed by atoms with van der Waals surface area (Å²) in [4.78, 5) is 46.3. The molecular weight excluding hydrogens is 1210 g/mol. The van der Waals surface area contributed by atoms with Crippen LogP contribution in [-0.2, 0) is 0 Å². The van der Waals surface area contributed by atoms with Gasteiger partial charge in [-0.25, -0.2) is 44.9 Å². The molecule has 0 radical (unpaired) electrons. The largest absolute Gasteiger partial charge is 0.309 e. The van der Waals surface area contributed by atoms with E-state index in [0.29, 0.717) is 52.4 Å². The van der Waals surface area contributed by atoms with Gasteiger partial charge in [-0.05, 0) is 72.8 Å². The van der Waals surface area contributed by atoms with Crippen LogP contribution in [0.1, 0.15) is 0 Å². The molecule has 462 valence electrons. The lowest BCUT2D eigenvalue weighted by Crippen LogP contribution is -2.01. The van der Waals surface area contributed by atoms with Crippen LogP contribution in [0.3, 0.4) is 0 Å². The van der Waals surface area contributed by atoms with Crippen molar-refractivity contribution in [2.75, 3.05) is 0 Å². The summed E-state index contributed by atoms with van der Waals surface area (Å²) in [6.45, 7) is 0. The van der Waals surface area contributed by atoms with Crippen molar-refractivity contribution in [1.82, 2.24) is 58.6 Å². The average molecular weight is 1270 g/mol. The summed E-state index contributed by atoms with van der Waals surface area (Å²) in [6.07, 6.45) is 0. The van der Waals surface area contributed by atoms with Crippen molar-refractivity contribution in [3.8, 4) is 120 Å². The Kier molecular flexibility index (Phi) is 13.6. The van der Waals surface area contributed by atoms with Gasteiger partial charge in [-0.3, -0.25) is 0 Å². The second-order valence-electron chi connectivity index (χ2n) is 24.6. The number of benzene rings is 13. The first-order valence-corrected chi connectivity index (χ1v) is 32.9. The quantitative estimate of drug-likeness (QED) is 0.117. The van der Waals surface area contributed by atoms with Crippen molar-refractivity contribution in [3.05, 3.63) is 328 Å². The Morgan fingerprint density at radius 3 is 0.586 bits per heavy atom. The molecule has 6 heterocycles. The minimum absolute atomic E-state index is 0.570. The fraction of sp³-hybridized carbons (Fsp3) is 0. The molecule has 0 atom stereocenters. The van der Waals surface area contributed by atoms with Gasteiger partial charge in [-0.1, -0.05) is 255 Å². The first kappa shape index (κ1) is 56.8. The number of hydrogen-bond acceptors (Lipinski definition) is 9. The summed E-state index contributed by atoms with van der Waals surface area (Å²) in [5.41, 5.74) is 17.2. The maximum Gasteiger partial charge on any atom is 0.164 e. The zero-order valence-electron chi connectivity index (χ0n) is 53.0. The van der Waals surface area contributed by atoms with Crippen molar-refractivity contribution in [2.24, 2.45) is 0 Å². The molecule has 6 aromatic heterocycles. The minimum atomic E-state index is 0.570. The van der Waals surface area contributed by atoms with E-state index in [1.165, 1.54) is 0 Å². The summed E-state index contributed by atoms with van der Waals surface area (Å²) < 4.78 is 7.20. The van der Waals surface area contributed by atoms with E-state index in [2.05, 4.69) is 159 Å². The Morgan fingerprint density at radius 2 is 0.333 bits per heavy atom. The maximum atomic E-state index is 5.22. The summed E-state index contributed by atoms with van der Waals surface area (Å²) >= 11 is 0. The summed E-state index contributed by atoms with van der Waals surface area (Å²) in [7, 11) is 0. The lowest BCUT2D eigenvalue weighted by molar-refractivity contribution is 1.07. The van der Waals surface area contributed by atoms with Crippen LogP contribution in [0.5, 0.6) is 0 Å². The highest BCUT2D eigenvalue weighted by Crippen LogP contribution is 2.44. The summed E-state index contributed by atoms with van der Waals surface area (Å²) in [6, 6.07) is 113. The highest BCUT2D eigenvalue weighted by Gasteiger charge is 2.24. The lowest BCUT2D eigenvalue weighted by Gasteiger charge is -2.12. The molecule has 12 nitrogen and oxygen atoms in total. The van der Waals surface area contributed by atoms with E-state index in [-0.39, 0.29) is 0 Å². The summed E-state index contributed by atoms with van der Waals surface area (Å²) in [5.74, 6) is 5.33. The van der Waals surface area contributed by atoms with Gasteiger partial charge in [-0.15, -0.1) is 0 Å². The first-order chi connectivity index (χ1) is 49.0. The van der Waals surface area contributed by atoms with Crippen LogP contribution in [0, 0.1) is 0 Å². The molecule has 12 heteroatoms. The van der Waals surface area contributed by atoms with Crippen molar-refractivity contribution in [3.63, 3.8) is 0 Å². The Balaban J connectivity index is 0.845. The van der Waals surface area contributed by atoms with Crippen LogP contribution in [-0.4, -0.2) is 58.6 Å². The molecule has 0 fully saturated rings. The van der Waals surface area contributed by atoms with Crippen LogP contribution < -0.4 is 0 Å². The van der Waals surface area contributed by atoms with Crippen LogP contribution in [0.25, 0.3) is 185 Å². The van der Waals surface area contributed by atoms with Crippen LogP contribution in [0.2, 0.25) is 0 Å². The third-order valence-corrected chi connectivity index (χ3v) is 18.5. The molecule has 99 heavy (non-hydrogen) atoms. The van der Waals surface area contributed by atoms with Gasteiger partial charge in [0.25, 0.3) is 0 Å². The van der Waals surface area contributed by atoms with Gasteiger partial charge in [-0.2, -0.15) is 0 Å². The fourth-order valence-electron chi connectivity index (χ4n) is 13.9. The monoisotopic (exact) mass is 1270 g/mol. The molecule has 19 aromatic rings. The number of rotatable bonds is 12. The third kappa shape index (κ3) is 10.1. The molecule has 0 spiro atoms. The highest BCUT2D eigenvalue weighted by atomic mass is 15.1. The topological polar surface area (TPSA) is 131 Å². The smallest absolute Gasteiger partial charge is 0.164 e. The van der Waals surface area contributed by atoms with E-state index in [0.717, 1.165) is 133 Å². The number of fused-ring (bicyclic) bond motifs is 9. The van der Waals surface area contributed by atoms with Crippen molar-refractivity contribution < 1.29 is 0 Å². The molecule has 0 saturated heterocycles. The van der Waals surface area contributed by atoms with E-state index in [4.69, 9.17) is 44.9 Å². The normalized spacial score (nSPS) is 11.6. The van der Waals surface area contributed by atoms with Crippen molar-refractivity contribution in [2.45, 2.75) is 0 Å². The Morgan fingerprint density at radius 1 is 0.141 bits per heavy atom. The number of hydrogen-bond donors (Lipinski definition) is 0. The van der Waals surface area contributed by atoms with E-state index < -0.39 is 0 Å². The van der Waals surface area contributed by atoms with Crippen molar-refractivity contribution in [1.29, 1.82) is 0 Å². The van der Waals surface area contributed by atoms with Gasteiger partial charge in [0.1, 0.15) is 0 Å². The summed E-state index contributed by atoms with van der Waals surface area (Å²) in [5, 5.41) is 6.56. The molecule has 0 saturated carbocycles. The zero-order valence-corrected chi connectivity index (χ0v) is 53.0. The van der Waals surface area contributed by atoms with Gasteiger partial charge in [0.15, 0.2) is 52.4 Å². The van der Waals surface area contributed by atoms with Gasteiger partial charge >= 0.3 is 0 Å². The molecule has 0 N–H and O–H groups in total. The van der Waals surface area contributed by atoms with Gasteiger partial charge in [0.05, 0.1) is 33.1 Å². The minimum Gasteiger partial charge on any atom is -0.309 e. The highest BCUT2D eigenvalue weighted by molar-refractivity contribution is 6.23. The standard InChI is InChI=1S/C87H54N12/c1-7-26-55(27-8-1)79-88-80(56-28-9-2-10-29-56)92-85(91-79)61-38-23-41-64(48-61)97-73-46-21-19-44-67(73)69-51-77-71(53-75(69)97)72-54-76-70(52-78(72)99(77)66-43-25-40-63(50-66)87-95-83(59-34-15-5-16-35-59)90-84(96-87)60-36-17-6-18-37-60)68-45-20-22-47-74(68)98(76)65-42-24-39-62(49-65)86-93-81(57-30-11-3-12-31-57)89-82(94-86)58-32-13-4-14-33-58/h1-54H. The molecular formula is C87H54N12. The average Bonchev–Trinajstić information content (AvgIpc) is 1.54. The lowest BCUT2D eigenvalue weighted by atomic mass is 10.1. The van der Waals surface area contributed by atoms with Gasteiger partial charge in [0.2, 0.25) is 0 Å². The number of nitrogens with zero attached hydrogens (tertiary/aromatic N) is 12. The molecule has 0 aliphatic rings. The SMILES string of the molecule is c1ccc(-c2nc(-c3ccccc3)nc(-c3cccc(-n4c5ccccc5c5cc6c(cc54)c4cc5c(cc4n6-c4cccc(-c6nc(-c7ccccc7)nc(-c7ccccc7)n6)c4)c4ccccc4n5-c4cccc(-c5nc(-c6ccccc6)nc(-c6ccccc6)n5)c4)c3)n2)cc1. The second-order valence-corrected chi connectivity index (χ2v) is 24.6. The molecule has 0 aliphatic carbocycles. The van der Waals surface area contributed by atoms with E-state index >= 15 is 0 Å². The zero-order chi connectivity index (χ0) is 65.3. The first-order valence-electron chi connectivity index (χ1n) is 32.9.